The topological polar surface area (TPSA) is 50.4 Å². The number of rotatable bonds is 3. The third-order valence-corrected chi connectivity index (χ3v) is 4.35. The summed E-state index contributed by atoms with van der Waals surface area (Å²) < 4.78 is 5.54. The van der Waals surface area contributed by atoms with Gasteiger partial charge >= 0.3 is 5.97 Å². The Morgan fingerprint density at radius 3 is 2.64 bits per heavy atom. The summed E-state index contributed by atoms with van der Waals surface area (Å²) in [5.74, 6) is 0.209. The van der Waals surface area contributed by atoms with Crippen LogP contribution in [-0.4, -0.2) is 11.1 Å². The number of fused-ring (bicyclic) bond motifs is 1. The number of aromatic carboxylic acids is 1. The molecule has 0 bridgehead atoms. The maximum absolute atomic E-state index is 11.4. The van der Waals surface area contributed by atoms with Gasteiger partial charge in [0.1, 0.15) is 16.9 Å². The zero-order chi connectivity index (χ0) is 15.3. The van der Waals surface area contributed by atoms with Gasteiger partial charge in [-0.15, -0.1) is 0 Å². The van der Waals surface area contributed by atoms with Gasteiger partial charge in [-0.25, -0.2) is 4.79 Å². The lowest BCUT2D eigenvalue weighted by Gasteiger charge is -2.05. The molecule has 3 aromatic rings. The van der Waals surface area contributed by atoms with Crippen molar-refractivity contribution in [3.8, 4) is 11.1 Å². The van der Waals surface area contributed by atoms with Gasteiger partial charge in [-0.05, 0) is 54.5 Å². The van der Waals surface area contributed by atoms with E-state index in [4.69, 9.17) is 4.42 Å². The maximum Gasteiger partial charge on any atom is 0.339 e. The summed E-state index contributed by atoms with van der Waals surface area (Å²) in [6, 6.07) is 14.3. The molecule has 0 radical (unpaired) electrons. The van der Waals surface area contributed by atoms with Gasteiger partial charge in [0.2, 0.25) is 0 Å². The van der Waals surface area contributed by atoms with Crippen LogP contribution in [0, 0.1) is 6.92 Å². The Hall–Kier alpha value is -2.55. The van der Waals surface area contributed by atoms with Gasteiger partial charge in [0.25, 0.3) is 0 Å². The number of carbonyl (C=O) groups is 1. The standard InChI is InChI=1S/C19H16O3/c1-11-18(19(20)21)16-10-15(7-8-17(16)22-11)14-4-2-3-13(9-14)12-5-6-12/h2-4,7-10,12H,5-6H2,1H3,(H,20,21). The molecule has 3 heteroatoms. The molecule has 1 heterocycles. The van der Waals surface area contributed by atoms with Gasteiger partial charge < -0.3 is 9.52 Å². The van der Waals surface area contributed by atoms with Crippen molar-refractivity contribution in [2.75, 3.05) is 0 Å². The van der Waals surface area contributed by atoms with Gasteiger partial charge in [0.05, 0.1) is 0 Å². The molecule has 1 aromatic heterocycles. The molecule has 0 aliphatic heterocycles. The molecule has 110 valence electrons. The Kier molecular flexibility index (Phi) is 2.83. The summed E-state index contributed by atoms with van der Waals surface area (Å²) in [6.07, 6.45) is 2.54. The minimum atomic E-state index is -0.944. The van der Waals surface area contributed by atoms with E-state index in [9.17, 15) is 9.90 Å². The second-order valence-corrected chi connectivity index (χ2v) is 5.95. The highest BCUT2D eigenvalue weighted by Gasteiger charge is 2.23. The quantitative estimate of drug-likeness (QED) is 0.740. The average Bonchev–Trinajstić information content (AvgIpc) is 3.29. The molecule has 0 unspecified atom stereocenters. The molecule has 1 fully saturated rings. The predicted octanol–water partition coefficient (Wildman–Crippen LogP) is 4.98. The Balaban J connectivity index is 1.86. The second-order valence-electron chi connectivity index (χ2n) is 5.95. The van der Waals surface area contributed by atoms with Gasteiger partial charge in [-0.2, -0.15) is 0 Å². The summed E-state index contributed by atoms with van der Waals surface area (Å²) in [5.41, 5.74) is 4.41. The maximum atomic E-state index is 11.4. The van der Waals surface area contributed by atoms with Crippen LogP contribution in [0.3, 0.4) is 0 Å². The molecule has 1 aliphatic rings. The molecular weight excluding hydrogens is 276 g/mol. The molecule has 1 aliphatic carbocycles. The SMILES string of the molecule is Cc1oc2ccc(-c3cccc(C4CC4)c3)cc2c1C(=O)O. The van der Waals surface area contributed by atoms with Gasteiger partial charge in [-0.1, -0.05) is 30.3 Å². The monoisotopic (exact) mass is 292 g/mol. The number of furan rings is 1. The third-order valence-electron chi connectivity index (χ3n) is 4.35. The average molecular weight is 292 g/mol. The highest BCUT2D eigenvalue weighted by atomic mass is 16.4. The van der Waals surface area contributed by atoms with E-state index in [0.29, 0.717) is 22.6 Å². The second kappa shape index (κ2) is 4.73. The van der Waals surface area contributed by atoms with Gasteiger partial charge in [-0.3, -0.25) is 0 Å². The third kappa shape index (κ3) is 2.10. The predicted molar refractivity (Wildman–Crippen MR) is 85.3 cm³/mol. The van der Waals surface area contributed by atoms with Crippen LogP contribution in [-0.2, 0) is 0 Å². The fourth-order valence-corrected chi connectivity index (χ4v) is 3.05. The van der Waals surface area contributed by atoms with E-state index in [0.717, 1.165) is 11.1 Å². The molecule has 2 aromatic carbocycles. The first-order valence-electron chi connectivity index (χ1n) is 7.50. The van der Waals surface area contributed by atoms with Crippen molar-refractivity contribution in [2.24, 2.45) is 0 Å². The molecule has 22 heavy (non-hydrogen) atoms. The molecule has 4 rings (SSSR count). The number of carboxylic acids is 1. The summed E-state index contributed by atoms with van der Waals surface area (Å²) in [6.45, 7) is 1.69. The Bertz CT molecular complexity index is 885. The molecule has 3 nitrogen and oxygen atoms in total. The molecule has 0 atom stereocenters. The van der Waals surface area contributed by atoms with Crippen molar-refractivity contribution >= 4 is 16.9 Å². The highest BCUT2D eigenvalue weighted by Crippen LogP contribution is 2.41. The van der Waals surface area contributed by atoms with Crippen molar-refractivity contribution in [2.45, 2.75) is 25.7 Å². The normalized spacial score (nSPS) is 14.4. The summed E-state index contributed by atoms with van der Waals surface area (Å²) in [7, 11) is 0. The zero-order valence-corrected chi connectivity index (χ0v) is 12.3. The largest absolute Gasteiger partial charge is 0.478 e. The molecule has 0 amide bonds. The van der Waals surface area contributed by atoms with Crippen molar-refractivity contribution in [1.82, 2.24) is 0 Å². The van der Waals surface area contributed by atoms with Crippen molar-refractivity contribution in [3.63, 3.8) is 0 Å². The van der Waals surface area contributed by atoms with Crippen LogP contribution in [0.1, 0.15) is 40.4 Å². The van der Waals surface area contributed by atoms with E-state index in [-0.39, 0.29) is 5.56 Å². The molecule has 0 spiro atoms. The summed E-state index contributed by atoms with van der Waals surface area (Å²) in [4.78, 5) is 11.4. The smallest absolute Gasteiger partial charge is 0.339 e. The van der Waals surface area contributed by atoms with E-state index in [1.54, 1.807) is 6.92 Å². The lowest BCUT2D eigenvalue weighted by molar-refractivity contribution is 0.0697. The highest BCUT2D eigenvalue weighted by molar-refractivity contribution is 6.04. The minimum absolute atomic E-state index is 0.259. The Labute approximate surface area is 128 Å². The van der Waals surface area contributed by atoms with Crippen LogP contribution < -0.4 is 0 Å². The van der Waals surface area contributed by atoms with Crippen molar-refractivity contribution in [1.29, 1.82) is 0 Å². The van der Waals surface area contributed by atoms with Crippen LogP contribution in [0.4, 0.5) is 0 Å². The lowest BCUT2D eigenvalue weighted by atomic mass is 9.99. The van der Waals surface area contributed by atoms with Crippen LogP contribution in [0.5, 0.6) is 0 Å². The van der Waals surface area contributed by atoms with Crippen molar-refractivity contribution in [3.05, 3.63) is 59.4 Å². The van der Waals surface area contributed by atoms with E-state index >= 15 is 0 Å². The first kappa shape index (κ1) is 13.1. The first-order chi connectivity index (χ1) is 10.6. The number of hydrogen-bond donors (Lipinski definition) is 1. The number of aryl methyl sites for hydroxylation is 1. The zero-order valence-electron chi connectivity index (χ0n) is 12.3. The summed E-state index contributed by atoms with van der Waals surface area (Å²) >= 11 is 0. The molecule has 0 saturated heterocycles. The number of carboxylic acid groups (broad SMARTS) is 1. The van der Waals surface area contributed by atoms with E-state index in [1.807, 2.05) is 18.2 Å². The number of benzene rings is 2. The fraction of sp³-hybridized carbons (Fsp3) is 0.211. The van der Waals surface area contributed by atoms with Crippen LogP contribution in [0.25, 0.3) is 22.1 Å². The lowest BCUT2D eigenvalue weighted by Crippen LogP contribution is -1.96. The minimum Gasteiger partial charge on any atom is -0.478 e. The number of hydrogen-bond acceptors (Lipinski definition) is 2. The Morgan fingerprint density at radius 2 is 1.91 bits per heavy atom. The van der Waals surface area contributed by atoms with E-state index in [1.165, 1.54) is 18.4 Å². The van der Waals surface area contributed by atoms with Gasteiger partial charge in [0.15, 0.2) is 0 Å². The molecule has 1 N–H and O–H groups in total. The van der Waals surface area contributed by atoms with E-state index in [2.05, 4.69) is 24.3 Å². The Morgan fingerprint density at radius 1 is 1.14 bits per heavy atom. The molecular formula is C19H16O3. The fourth-order valence-electron chi connectivity index (χ4n) is 3.05. The first-order valence-corrected chi connectivity index (χ1v) is 7.50. The molecule has 1 saturated carbocycles. The van der Waals surface area contributed by atoms with Crippen LogP contribution >= 0.6 is 0 Å². The van der Waals surface area contributed by atoms with Gasteiger partial charge in [0, 0.05) is 5.39 Å². The van der Waals surface area contributed by atoms with Crippen LogP contribution in [0.2, 0.25) is 0 Å². The van der Waals surface area contributed by atoms with E-state index < -0.39 is 5.97 Å². The van der Waals surface area contributed by atoms with Crippen LogP contribution in [0.15, 0.2) is 46.9 Å². The van der Waals surface area contributed by atoms with Crippen molar-refractivity contribution < 1.29 is 14.3 Å². The summed E-state index contributed by atoms with van der Waals surface area (Å²) in [5, 5.41) is 10.0.